The van der Waals surface area contributed by atoms with Crippen molar-refractivity contribution < 1.29 is 9.53 Å². The van der Waals surface area contributed by atoms with Crippen LogP contribution in [0.4, 0.5) is 0 Å². The van der Waals surface area contributed by atoms with E-state index in [0.717, 1.165) is 25.6 Å². The van der Waals surface area contributed by atoms with Crippen molar-refractivity contribution in [2.45, 2.75) is 33.1 Å². The third-order valence-corrected chi connectivity index (χ3v) is 2.68. The van der Waals surface area contributed by atoms with Gasteiger partial charge in [0.15, 0.2) is 0 Å². The van der Waals surface area contributed by atoms with Crippen molar-refractivity contribution in [1.29, 1.82) is 0 Å². The minimum absolute atomic E-state index is 0.0641. The minimum Gasteiger partial charge on any atom is -0.466 e. The third kappa shape index (κ3) is 4.09. The van der Waals surface area contributed by atoms with Crippen LogP contribution in [0, 0.1) is 5.92 Å². The fourth-order valence-electron chi connectivity index (χ4n) is 1.97. The Morgan fingerprint density at radius 3 is 3.00 bits per heavy atom. The molecule has 0 amide bonds. The second-order valence-electron chi connectivity index (χ2n) is 4.10. The van der Waals surface area contributed by atoms with Gasteiger partial charge in [0, 0.05) is 13.1 Å². The smallest absolute Gasteiger partial charge is 0.307 e. The van der Waals surface area contributed by atoms with E-state index < -0.39 is 0 Å². The Bertz CT molecular complexity index is 182. The van der Waals surface area contributed by atoms with Gasteiger partial charge in [0.25, 0.3) is 0 Å². The van der Waals surface area contributed by atoms with Crippen molar-refractivity contribution >= 4 is 5.97 Å². The Morgan fingerprint density at radius 2 is 2.36 bits per heavy atom. The molecule has 1 aliphatic heterocycles. The summed E-state index contributed by atoms with van der Waals surface area (Å²) in [5.41, 5.74) is 0. The molecule has 1 aliphatic rings. The van der Waals surface area contributed by atoms with Crippen LogP contribution in [-0.2, 0) is 9.53 Å². The first-order chi connectivity index (χ1) is 6.72. The number of piperidine rings is 1. The Morgan fingerprint density at radius 1 is 1.57 bits per heavy atom. The molecule has 1 heterocycles. The zero-order valence-corrected chi connectivity index (χ0v) is 9.29. The second kappa shape index (κ2) is 6.02. The second-order valence-corrected chi connectivity index (χ2v) is 4.10. The molecule has 0 saturated carbocycles. The maximum atomic E-state index is 11.1. The summed E-state index contributed by atoms with van der Waals surface area (Å²) in [6.45, 7) is 7.76. The summed E-state index contributed by atoms with van der Waals surface area (Å²) in [6, 6.07) is 0. The van der Waals surface area contributed by atoms with Crippen LogP contribution in [0.5, 0.6) is 0 Å². The van der Waals surface area contributed by atoms with Gasteiger partial charge in [0.2, 0.25) is 0 Å². The maximum absolute atomic E-state index is 11.1. The molecule has 1 unspecified atom stereocenters. The lowest BCUT2D eigenvalue weighted by Gasteiger charge is -2.30. The Hall–Kier alpha value is -0.570. The number of hydrogen-bond donors (Lipinski definition) is 0. The number of rotatable bonds is 4. The molecule has 0 aromatic heterocycles. The summed E-state index contributed by atoms with van der Waals surface area (Å²) < 4.78 is 4.89. The molecule has 0 bridgehead atoms. The Balaban J connectivity index is 2.14. The van der Waals surface area contributed by atoms with E-state index in [1.807, 2.05) is 6.92 Å². The van der Waals surface area contributed by atoms with E-state index in [4.69, 9.17) is 4.74 Å². The molecule has 0 spiro atoms. The molecule has 1 saturated heterocycles. The van der Waals surface area contributed by atoms with Crippen molar-refractivity contribution in [1.82, 2.24) is 4.90 Å². The summed E-state index contributed by atoms with van der Waals surface area (Å²) in [5.74, 6) is 0.719. The van der Waals surface area contributed by atoms with E-state index in [-0.39, 0.29) is 5.97 Å². The number of carbonyl (C=O) groups is 1. The van der Waals surface area contributed by atoms with Gasteiger partial charge in [0.05, 0.1) is 13.0 Å². The molecule has 0 aromatic rings. The van der Waals surface area contributed by atoms with Crippen LogP contribution >= 0.6 is 0 Å². The van der Waals surface area contributed by atoms with E-state index in [2.05, 4.69) is 11.8 Å². The molecule has 0 aromatic carbocycles. The fourth-order valence-corrected chi connectivity index (χ4v) is 1.97. The number of likely N-dealkylation sites (tertiary alicyclic amines) is 1. The number of ether oxygens (including phenoxy) is 1. The predicted octanol–water partition coefficient (Wildman–Crippen LogP) is 1.67. The van der Waals surface area contributed by atoms with Crippen molar-refractivity contribution in [2.24, 2.45) is 5.92 Å². The van der Waals surface area contributed by atoms with Crippen LogP contribution in [0.25, 0.3) is 0 Å². The van der Waals surface area contributed by atoms with Crippen molar-refractivity contribution in [3.05, 3.63) is 0 Å². The van der Waals surface area contributed by atoms with Crippen LogP contribution in [0.2, 0.25) is 0 Å². The Labute approximate surface area is 86.4 Å². The van der Waals surface area contributed by atoms with Crippen molar-refractivity contribution in [3.8, 4) is 0 Å². The number of esters is 1. The first-order valence-corrected chi connectivity index (χ1v) is 5.60. The number of hydrogen-bond acceptors (Lipinski definition) is 3. The van der Waals surface area contributed by atoms with Crippen LogP contribution in [0.1, 0.15) is 33.1 Å². The first kappa shape index (κ1) is 11.5. The average Bonchev–Trinajstić information content (AvgIpc) is 2.15. The lowest BCUT2D eigenvalue weighted by atomic mass is 10.0. The van der Waals surface area contributed by atoms with E-state index >= 15 is 0 Å². The van der Waals surface area contributed by atoms with E-state index in [1.165, 1.54) is 12.8 Å². The normalized spacial score (nSPS) is 23.4. The third-order valence-electron chi connectivity index (χ3n) is 2.68. The van der Waals surface area contributed by atoms with Crippen LogP contribution < -0.4 is 0 Å². The topological polar surface area (TPSA) is 29.5 Å². The number of nitrogens with zero attached hydrogens (tertiary/aromatic N) is 1. The zero-order valence-electron chi connectivity index (χ0n) is 9.29. The van der Waals surface area contributed by atoms with Gasteiger partial charge in [-0.25, -0.2) is 0 Å². The summed E-state index contributed by atoms with van der Waals surface area (Å²) in [4.78, 5) is 13.5. The lowest BCUT2D eigenvalue weighted by molar-refractivity contribution is -0.143. The van der Waals surface area contributed by atoms with Crippen LogP contribution in [0.15, 0.2) is 0 Å². The highest BCUT2D eigenvalue weighted by molar-refractivity contribution is 5.69. The molecule has 1 atom stereocenters. The minimum atomic E-state index is -0.0641. The highest BCUT2D eigenvalue weighted by Crippen LogP contribution is 2.15. The quantitative estimate of drug-likeness (QED) is 0.645. The standard InChI is InChI=1S/C11H21NO2/c1-3-14-11(13)6-8-12-7-4-5-10(2)9-12/h10H,3-9H2,1-2H3. The van der Waals surface area contributed by atoms with Gasteiger partial charge in [-0.05, 0) is 32.2 Å². The van der Waals surface area contributed by atoms with Crippen LogP contribution in [0.3, 0.4) is 0 Å². The summed E-state index contributed by atoms with van der Waals surface area (Å²) >= 11 is 0. The summed E-state index contributed by atoms with van der Waals surface area (Å²) in [6.07, 6.45) is 3.14. The number of carbonyl (C=O) groups excluding carboxylic acids is 1. The molecule has 0 aliphatic carbocycles. The maximum Gasteiger partial charge on any atom is 0.307 e. The van der Waals surface area contributed by atoms with Crippen molar-refractivity contribution in [3.63, 3.8) is 0 Å². The van der Waals surface area contributed by atoms with Gasteiger partial charge in [-0.2, -0.15) is 0 Å². The molecular weight excluding hydrogens is 178 g/mol. The highest BCUT2D eigenvalue weighted by Gasteiger charge is 2.16. The largest absolute Gasteiger partial charge is 0.466 e. The van der Waals surface area contributed by atoms with Crippen LogP contribution in [-0.4, -0.2) is 37.1 Å². The molecule has 82 valence electrons. The molecule has 3 heteroatoms. The van der Waals surface area contributed by atoms with Gasteiger partial charge in [0.1, 0.15) is 0 Å². The fraction of sp³-hybridized carbons (Fsp3) is 0.909. The van der Waals surface area contributed by atoms with Gasteiger partial charge in [-0.3, -0.25) is 4.79 Å². The molecular formula is C11H21NO2. The van der Waals surface area contributed by atoms with E-state index in [1.54, 1.807) is 0 Å². The van der Waals surface area contributed by atoms with E-state index in [0.29, 0.717) is 13.0 Å². The average molecular weight is 199 g/mol. The zero-order chi connectivity index (χ0) is 10.4. The lowest BCUT2D eigenvalue weighted by Crippen LogP contribution is -2.35. The molecule has 1 fully saturated rings. The summed E-state index contributed by atoms with van der Waals surface area (Å²) in [7, 11) is 0. The predicted molar refractivity (Wildman–Crippen MR) is 56.1 cm³/mol. The van der Waals surface area contributed by atoms with Gasteiger partial charge >= 0.3 is 5.97 Å². The molecule has 0 radical (unpaired) electrons. The highest BCUT2D eigenvalue weighted by atomic mass is 16.5. The van der Waals surface area contributed by atoms with E-state index in [9.17, 15) is 4.79 Å². The monoisotopic (exact) mass is 199 g/mol. The summed E-state index contributed by atoms with van der Waals surface area (Å²) in [5, 5.41) is 0. The van der Waals surface area contributed by atoms with Gasteiger partial charge in [-0.15, -0.1) is 0 Å². The Kier molecular flexibility index (Phi) is 4.94. The SMILES string of the molecule is CCOC(=O)CCN1CCCC(C)C1. The molecule has 0 N–H and O–H groups in total. The molecule has 1 rings (SSSR count). The van der Waals surface area contributed by atoms with Crippen molar-refractivity contribution in [2.75, 3.05) is 26.2 Å². The molecule has 14 heavy (non-hydrogen) atoms. The van der Waals surface area contributed by atoms with Gasteiger partial charge in [-0.1, -0.05) is 6.92 Å². The molecule has 3 nitrogen and oxygen atoms in total. The first-order valence-electron chi connectivity index (χ1n) is 5.60. The van der Waals surface area contributed by atoms with Gasteiger partial charge < -0.3 is 9.64 Å².